The van der Waals surface area contributed by atoms with Crippen LogP contribution in [0.3, 0.4) is 0 Å². The summed E-state index contributed by atoms with van der Waals surface area (Å²) >= 11 is 0. The first-order chi connectivity index (χ1) is 11.8. The Morgan fingerprint density at radius 2 is 1.80 bits per heavy atom. The van der Waals surface area contributed by atoms with Gasteiger partial charge in [0.25, 0.3) is 0 Å². The summed E-state index contributed by atoms with van der Waals surface area (Å²) in [6.07, 6.45) is 0.774. The Kier molecular flexibility index (Phi) is 6.45. The van der Waals surface area contributed by atoms with Crippen molar-refractivity contribution in [2.24, 2.45) is 0 Å². The summed E-state index contributed by atoms with van der Waals surface area (Å²) in [6.45, 7) is 8.46. The van der Waals surface area contributed by atoms with E-state index in [1.165, 1.54) is 0 Å². The SMILES string of the molecule is Cc1ccc(OC(C)C)c(COc2ccc(CCC(=O)O)cc2C)c1. The third-order valence-corrected chi connectivity index (χ3v) is 3.83. The van der Waals surface area contributed by atoms with E-state index in [4.69, 9.17) is 14.6 Å². The lowest BCUT2D eigenvalue weighted by molar-refractivity contribution is -0.136. The van der Waals surface area contributed by atoms with E-state index in [1.807, 2.05) is 58.0 Å². The van der Waals surface area contributed by atoms with E-state index in [2.05, 4.69) is 6.07 Å². The molecular weight excluding hydrogens is 316 g/mol. The molecule has 0 aliphatic carbocycles. The highest BCUT2D eigenvalue weighted by Crippen LogP contribution is 2.25. The molecule has 1 N–H and O–H groups in total. The van der Waals surface area contributed by atoms with Crippen LogP contribution in [0.1, 0.15) is 42.5 Å². The van der Waals surface area contributed by atoms with Gasteiger partial charge in [0.15, 0.2) is 0 Å². The van der Waals surface area contributed by atoms with Gasteiger partial charge in [0.05, 0.1) is 6.10 Å². The lowest BCUT2D eigenvalue weighted by Gasteiger charge is -2.16. The largest absolute Gasteiger partial charge is 0.491 e. The van der Waals surface area contributed by atoms with E-state index in [0.717, 1.165) is 33.8 Å². The Labute approximate surface area is 149 Å². The van der Waals surface area contributed by atoms with E-state index in [-0.39, 0.29) is 12.5 Å². The first-order valence-electron chi connectivity index (χ1n) is 8.55. The lowest BCUT2D eigenvalue weighted by atomic mass is 10.1. The molecule has 0 aliphatic rings. The van der Waals surface area contributed by atoms with Gasteiger partial charge in [0.1, 0.15) is 18.1 Å². The predicted molar refractivity (Wildman–Crippen MR) is 98.4 cm³/mol. The number of hydrogen-bond acceptors (Lipinski definition) is 3. The number of ether oxygens (including phenoxy) is 2. The molecule has 0 aliphatic heterocycles. The van der Waals surface area contributed by atoms with Gasteiger partial charge in [-0.1, -0.05) is 23.8 Å². The second kappa shape index (κ2) is 8.56. The zero-order valence-electron chi connectivity index (χ0n) is 15.3. The number of aryl methyl sites for hydroxylation is 3. The van der Waals surface area contributed by atoms with Crippen LogP contribution < -0.4 is 9.47 Å². The minimum atomic E-state index is -0.782. The van der Waals surface area contributed by atoms with E-state index < -0.39 is 5.97 Å². The van der Waals surface area contributed by atoms with Crippen LogP contribution in [0.2, 0.25) is 0 Å². The minimum absolute atomic E-state index is 0.108. The second-order valence-corrected chi connectivity index (χ2v) is 6.56. The van der Waals surface area contributed by atoms with Crippen LogP contribution >= 0.6 is 0 Å². The maximum absolute atomic E-state index is 10.7. The third kappa shape index (κ3) is 5.82. The highest BCUT2D eigenvalue weighted by Gasteiger charge is 2.09. The molecule has 0 saturated heterocycles. The maximum Gasteiger partial charge on any atom is 0.303 e. The van der Waals surface area contributed by atoms with Gasteiger partial charge in [-0.25, -0.2) is 0 Å². The summed E-state index contributed by atoms with van der Waals surface area (Å²) < 4.78 is 11.8. The van der Waals surface area contributed by atoms with Crippen molar-refractivity contribution in [2.45, 2.75) is 53.2 Å². The van der Waals surface area contributed by atoms with Crippen LogP contribution in [0, 0.1) is 13.8 Å². The molecule has 0 fully saturated rings. The fourth-order valence-electron chi connectivity index (χ4n) is 2.63. The van der Waals surface area contributed by atoms with Gasteiger partial charge in [-0.05, 0) is 63.4 Å². The number of carboxylic acids is 1. The van der Waals surface area contributed by atoms with Gasteiger partial charge in [-0.2, -0.15) is 0 Å². The second-order valence-electron chi connectivity index (χ2n) is 6.56. The molecule has 25 heavy (non-hydrogen) atoms. The highest BCUT2D eigenvalue weighted by atomic mass is 16.5. The number of aliphatic carboxylic acids is 1. The lowest BCUT2D eigenvalue weighted by Crippen LogP contribution is -2.09. The normalized spacial score (nSPS) is 10.8. The number of benzene rings is 2. The van der Waals surface area contributed by atoms with Crippen LogP contribution in [-0.4, -0.2) is 17.2 Å². The van der Waals surface area contributed by atoms with Crippen LogP contribution in [-0.2, 0) is 17.8 Å². The van der Waals surface area contributed by atoms with Crippen molar-refractivity contribution in [1.82, 2.24) is 0 Å². The maximum atomic E-state index is 10.7. The van der Waals surface area contributed by atoms with E-state index >= 15 is 0 Å². The summed E-state index contributed by atoms with van der Waals surface area (Å²) in [5.74, 6) is 0.863. The van der Waals surface area contributed by atoms with Gasteiger partial charge >= 0.3 is 5.97 Å². The van der Waals surface area contributed by atoms with Crippen molar-refractivity contribution in [3.8, 4) is 11.5 Å². The zero-order chi connectivity index (χ0) is 18.4. The number of hydrogen-bond donors (Lipinski definition) is 1. The molecule has 0 bridgehead atoms. The molecule has 134 valence electrons. The minimum Gasteiger partial charge on any atom is -0.491 e. The Balaban J connectivity index is 2.08. The van der Waals surface area contributed by atoms with Crippen molar-refractivity contribution in [1.29, 1.82) is 0 Å². The Hall–Kier alpha value is -2.49. The van der Waals surface area contributed by atoms with Crippen molar-refractivity contribution >= 4 is 5.97 Å². The molecule has 0 saturated carbocycles. The van der Waals surface area contributed by atoms with Crippen LogP contribution in [0.15, 0.2) is 36.4 Å². The van der Waals surface area contributed by atoms with Crippen molar-refractivity contribution in [3.05, 3.63) is 58.7 Å². The number of carbonyl (C=O) groups is 1. The van der Waals surface area contributed by atoms with Crippen molar-refractivity contribution in [2.75, 3.05) is 0 Å². The predicted octanol–water partition coefficient (Wildman–Crippen LogP) is 4.69. The smallest absolute Gasteiger partial charge is 0.303 e. The first-order valence-corrected chi connectivity index (χ1v) is 8.55. The molecule has 0 amide bonds. The Morgan fingerprint density at radius 3 is 2.44 bits per heavy atom. The molecular formula is C21H26O4. The van der Waals surface area contributed by atoms with Gasteiger partial charge in [0.2, 0.25) is 0 Å². The molecule has 4 nitrogen and oxygen atoms in total. The Bertz CT molecular complexity index is 735. The van der Waals surface area contributed by atoms with E-state index in [1.54, 1.807) is 0 Å². The molecule has 0 spiro atoms. The number of carboxylic acid groups (broad SMARTS) is 1. The summed E-state index contributed by atoms with van der Waals surface area (Å²) in [5.41, 5.74) is 4.19. The fourth-order valence-corrected chi connectivity index (χ4v) is 2.63. The molecule has 4 heteroatoms. The van der Waals surface area contributed by atoms with Crippen LogP contribution in [0.5, 0.6) is 11.5 Å². The monoisotopic (exact) mass is 342 g/mol. The molecule has 0 unspecified atom stereocenters. The first kappa shape index (κ1) is 18.8. The molecule has 0 heterocycles. The molecule has 2 aromatic rings. The molecule has 2 aromatic carbocycles. The molecule has 0 radical (unpaired) electrons. The van der Waals surface area contributed by atoms with Gasteiger partial charge in [-0.3, -0.25) is 4.79 Å². The fraction of sp³-hybridized carbons (Fsp3) is 0.381. The Morgan fingerprint density at radius 1 is 1.08 bits per heavy atom. The summed E-state index contributed by atoms with van der Waals surface area (Å²) in [6, 6.07) is 11.9. The molecule has 0 atom stereocenters. The van der Waals surface area contributed by atoms with E-state index in [9.17, 15) is 4.79 Å². The summed E-state index contributed by atoms with van der Waals surface area (Å²) in [4.78, 5) is 10.7. The standard InChI is InChI=1S/C21H26O4/c1-14(2)25-20-8-5-15(3)11-18(20)13-24-19-9-6-17(12-16(19)4)7-10-21(22)23/h5-6,8-9,11-12,14H,7,10,13H2,1-4H3,(H,22,23). The summed E-state index contributed by atoms with van der Waals surface area (Å²) in [5, 5.41) is 8.78. The molecule has 0 aromatic heterocycles. The topological polar surface area (TPSA) is 55.8 Å². The van der Waals surface area contributed by atoms with E-state index in [0.29, 0.717) is 13.0 Å². The van der Waals surface area contributed by atoms with Crippen LogP contribution in [0.4, 0.5) is 0 Å². The van der Waals surface area contributed by atoms with Crippen molar-refractivity contribution in [3.63, 3.8) is 0 Å². The van der Waals surface area contributed by atoms with Gasteiger partial charge < -0.3 is 14.6 Å². The third-order valence-electron chi connectivity index (χ3n) is 3.83. The summed E-state index contributed by atoms with van der Waals surface area (Å²) in [7, 11) is 0. The molecule has 2 rings (SSSR count). The van der Waals surface area contributed by atoms with Crippen LogP contribution in [0.25, 0.3) is 0 Å². The van der Waals surface area contributed by atoms with Gasteiger partial charge in [-0.15, -0.1) is 0 Å². The zero-order valence-corrected chi connectivity index (χ0v) is 15.3. The van der Waals surface area contributed by atoms with Crippen molar-refractivity contribution < 1.29 is 19.4 Å². The highest BCUT2D eigenvalue weighted by molar-refractivity contribution is 5.67. The van der Waals surface area contributed by atoms with Gasteiger partial charge in [0, 0.05) is 12.0 Å². The number of rotatable bonds is 8. The average Bonchev–Trinajstić information content (AvgIpc) is 2.53. The average molecular weight is 342 g/mol. The quantitative estimate of drug-likeness (QED) is 0.756.